The SMILES string of the molecule is Cc1ccc(CCCNC(=O)CSCc2ccc(Cl)cc2)cc1. The van der Waals surface area contributed by atoms with Gasteiger partial charge in [-0.1, -0.05) is 53.6 Å². The molecule has 0 radical (unpaired) electrons. The van der Waals surface area contributed by atoms with Gasteiger partial charge in [0.1, 0.15) is 0 Å². The molecule has 0 saturated heterocycles. The number of carbonyl (C=O) groups excluding carboxylic acids is 1. The second kappa shape index (κ2) is 9.64. The first-order chi connectivity index (χ1) is 11.1. The molecule has 1 N–H and O–H groups in total. The number of aryl methyl sites for hydroxylation is 2. The van der Waals surface area contributed by atoms with Crippen LogP contribution in [0.25, 0.3) is 0 Å². The van der Waals surface area contributed by atoms with Gasteiger partial charge in [-0.2, -0.15) is 0 Å². The Hall–Kier alpha value is -1.45. The van der Waals surface area contributed by atoms with Crippen LogP contribution in [0.4, 0.5) is 0 Å². The molecule has 0 heterocycles. The van der Waals surface area contributed by atoms with Crippen molar-refractivity contribution in [3.05, 3.63) is 70.2 Å². The molecule has 2 aromatic rings. The quantitative estimate of drug-likeness (QED) is 0.705. The fourth-order valence-corrected chi connectivity index (χ4v) is 3.11. The highest BCUT2D eigenvalue weighted by Crippen LogP contribution is 2.15. The molecule has 0 atom stereocenters. The van der Waals surface area contributed by atoms with Gasteiger partial charge in [-0.3, -0.25) is 4.79 Å². The van der Waals surface area contributed by atoms with E-state index in [1.165, 1.54) is 16.7 Å². The van der Waals surface area contributed by atoms with Crippen LogP contribution in [-0.4, -0.2) is 18.2 Å². The van der Waals surface area contributed by atoms with Crippen molar-refractivity contribution in [1.29, 1.82) is 0 Å². The zero-order valence-corrected chi connectivity index (χ0v) is 14.9. The normalized spacial score (nSPS) is 10.5. The number of amides is 1. The molecule has 2 nitrogen and oxygen atoms in total. The van der Waals surface area contributed by atoms with Gasteiger partial charge < -0.3 is 5.32 Å². The molecule has 0 aromatic heterocycles. The molecule has 0 spiro atoms. The number of nitrogens with one attached hydrogen (secondary N) is 1. The third-order valence-corrected chi connectivity index (χ3v) is 4.76. The molecule has 2 aromatic carbocycles. The molecule has 23 heavy (non-hydrogen) atoms. The van der Waals surface area contributed by atoms with E-state index in [0.717, 1.165) is 30.2 Å². The molecule has 0 unspecified atom stereocenters. The van der Waals surface area contributed by atoms with E-state index in [1.54, 1.807) is 11.8 Å². The monoisotopic (exact) mass is 347 g/mol. The smallest absolute Gasteiger partial charge is 0.230 e. The molecular formula is C19H22ClNOS. The fourth-order valence-electron chi connectivity index (χ4n) is 2.17. The van der Waals surface area contributed by atoms with Gasteiger partial charge in [0.25, 0.3) is 0 Å². The molecular weight excluding hydrogens is 326 g/mol. The average molecular weight is 348 g/mol. The second-order valence-corrected chi connectivity index (χ2v) is 6.98. The number of benzene rings is 2. The van der Waals surface area contributed by atoms with E-state index in [2.05, 4.69) is 36.5 Å². The molecule has 0 fully saturated rings. The maximum atomic E-state index is 11.8. The maximum absolute atomic E-state index is 11.8. The number of halogens is 1. The highest BCUT2D eigenvalue weighted by atomic mass is 35.5. The van der Waals surface area contributed by atoms with Gasteiger partial charge >= 0.3 is 0 Å². The molecule has 122 valence electrons. The van der Waals surface area contributed by atoms with Gasteiger partial charge in [0, 0.05) is 17.3 Å². The van der Waals surface area contributed by atoms with Crippen LogP contribution in [0.2, 0.25) is 5.02 Å². The Morgan fingerprint density at radius 1 is 1.04 bits per heavy atom. The first-order valence-corrected chi connectivity index (χ1v) is 9.31. The van der Waals surface area contributed by atoms with Crippen LogP contribution >= 0.6 is 23.4 Å². The van der Waals surface area contributed by atoms with Crippen molar-refractivity contribution in [2.45, 2.75) is 25.5 Å². The Morgan fingerprint density at radius 2 is 1.70 bits per heavy atom. The summed E-state index contributed by atoms with van der Waals surface area (Å²) in [5.74, 6) is 1.43. The molecule has 4 heteroatoms. The van der Waals surface area contributed by atoms with Gasteiger partial charge in [0.05, 0.1) is 5.75 Å². The highest BCUT2D eigenvalue weighted by Gasteiger charge is 2.02. The van der Waals surface area contributed by atoms with E-state index in [1.807, 2.05) is 24.3 Å². The number of hydrogen-bond donors (Lipinski definition) is 1. The Morgan fingerprint density at radius 3 is 2.39 bits per heavy atom. The predicted octanol–water partition coefficient (Wildman–Crippen LogP) is 4.63. The summed E-state index contributed by atoms with van der Waals surface area (Å²) >= 11 is 7.47. The first-order valence-electron chi connectivity index (χ1n) is 7.78. The van der Waals surface area contributed by atoms with Crippen molar-refractivity contribution in [1.82, 2.24) is 5.32 Å². The number of hydrogen-bond acceptors (Lipinski definition) is 2. The topological polar surface area (TPSA) is 29.1 Å². The summed E-state index contributed by atoms with van der Waals surface area (Å²) in [6.45, 7) is 2.82. The van der Waals surface area contributed by atoms with E-state index in [4.69, 9.17) is 11.6 Å². The summed E-state index contributed by atoms with van der Waals surface area (Å²) in [6.07, 6.45) is 1.97. The lowest BCUT2D eigenvalue weighted by Crippen LogP contribution is -2.26. The van der Waals surface area contributed by atoms with Crippen molar-refractivity contribution in [3.8, 4) is 0 Å². The fraction of sp³-hybridized carbons (Fsp3) is 0.316. The lowest BCUT2D eigenvalue weighted by molar-refractivity contribution is -0.118. The van der Waals surface area contributed by atoms with Gasteiger partial charge in [0.15, 0.2) is 0 Å². The van der Waals surface area contributed by atoms with Crippen molar-refractivity contribution in [3.63, 3.8) is 0 Å². The van der Waals surface area contributed by atoms with Crippen LogP contribution in [0.3, 0.4) is 0 Å². The van der Waals surface area contributed by atoms with E-state index in [9.17, 15) is 4.79 Å². The van der Waals surface area contributed by atoms with Crippen molar-refractivity contribution < 1.29 is 4.79 Å². The first kappa shape index (κ1) is 17.9. The summed E-state index contributed by atoms with van der Waals surface area (Å²) < 4.78 is 0. The lowest BCUT2D eigenvalue weighted by Gasteiger charge is -2.06. The second-order valence-electron chi connectivity index (χ2n) is 5.56. The number of carbonyl (C=O) groups is 1. The van der Waals surface area contributed by atoms with E-state index in [0.29, 0.717) is 5.75 Å². The summed E-state index contributed by atoms with van der Waals surface area (Å²) in [7, 11) is 0. The van der Waals surface area contributed by atoms with Crippen LogP contribution in [0.1, 0.15) is 23.1 Å². The molecule has 0 bridgehead atoms. The largest absolute Gasteiger partial charge is 0.355 e. The summed E-state index contributed by atoms with van der Waals surface area (Å²) in [5.41, 5.74) is 3.79. The van der Waals surface area contributed by atoms with Crippen LogP contribution < -0.4 is 5.32 Å². The van der Waals surface area contributed by atoms with Crippen LogP contribution in [0.5, 0.6) is 0 Å². The minimum Gasteiger partial charge on any atom is -0.355 e. The van der Waals surface area contributed by atoms with Gasteiger partial charge in [0.2, 0.25) is 5.91 Å². The average Bonchev–Trinajstić information content (AvgIpc) is 2.55. The van der Waals surface area contributed by atoms with Gasteiger partial charge in [-0.05, 0) is 43.0 Å². The molecule has 0 aliphatic rings. The third kappa shape index (κ3) is 7.10. The lowest BCUT2D eigenvalue weighted by atomic mass is 10.1. The molecule has 2 rings (SSSR count). The highest BCUT2D eigenvalue weighted by molar-refractivity contribution is 7.99. The van der Waals surface area contributed by atoms with E-state index < -0.39 is 0 Å². The maximum Gasteiger partial charge on any atom is 0.230 e. The third-order valence-electron chi connectivity index (χ3n) is 3.50. The Bertz CT molecular complexity index is 610. The van der Waals surface area contributed by atoms with Gasteiger partial charge in [-0.25, -0.2) is 0 Å². The Balaban J connectivity index is 1.56. The van der Waals surface area contributed by atoms with E-state index in [-0.39, 0.29) is 5.91 Å². The zero-order valence-electron chi connectivity index (χ0n) is 13.3. The van der Waals surface area contributed by atoms with Crippen LogP contribution in [-0.2, 0) is 17.0 Å². The summed E-state index contributed by atoms with van der Waals surface area (Å²) in [6, 6.07) is 16.3. The van der Waals surface area contributed by atoms with Crippen molar-refractivity contribution in [2.24, 2.45) is 0 Å². The minimum absolute atomic E-state index is 0.105. The molecule has 1 amide bonds. The minimum atomic E-state index is 0.105. The molecule has 0 aliphatic heterocycles. The number of thioether (sulfide) groups is 1. The Labute approximate surface area is 147 Å². The molecule has 0 saturated carbocycles. The standard InChI is InChI=1S/C19H22ClNOS/c1-15-4-6-16(7-5-15)3-2-12-21-19(22)14-23-13-17-8-10-18(20)11-9-17/h4-11H,2-3,12-14H2,1H3,(H,21,22). The zero-order chi connectivity index (χ0) is 16.5. The predicted molar refractivity (Wildman–Crippen MR) is 100 cm³/mol. The van der Waals surface area contributed by atoms with Crippen LogP contribution in [0, 0.1) is 6.92 Å². The molecule has 0 aliphatic carbocycles. The van der Waals surface area contributed by atoms with Crippen molar-refractivity contribution >= 4 is 29.3 Å². The summed E-state index contributed by atoms with van der Waals surface area (Å²) in [5, 5.41) is 3.72. The Kier molecular flexibility index (Phi) is 7.50. The summed E-state index contributed by atoms with van der Waals surface area (Å²) in [4.78, 5) is 11.8. The van der Waals surface area contributed by atoms with Crippen molar-refractivity contribution in [2.75, 3.05) is 12.3 Å². The van der Waals surface area contributed by atoms with Gasteiger partial charge in [-0.15, -0.1) is 11.8 Å². The van der Waals surface area contributed by atoms with Crippen LogP contribution in [0.15, 0.2) is 48.5 Å². The number of rotatable bonds is 8. The van der Waals surface area contributed by atoms with E-state index >= 15 is 0 Å².